The van der Waals surface area contributed by atoms with Gasteiger partial charge in [-0.25, -0.2) is 14.5 Å². The lowest BCUT2D eigenvalue weighted by molar-refractivity contribution is 0.0593. The number of ether oxygens (including phenoxy) is 1. The van der Waals surface area contributed by atoms with Crippen molar-refractivity contribution < 1.29 is 14.3 Å². The van der Waals surface area contributed by atoms with Crippen molar-refractivity contribution in [3.05, 3.63) is 46.7 Å². The smallest absolute Gasteiger partial charge is 0.357 e. The van der Waals surface area contributed by atoms with Gasteiger partial charge in [0, 0.05) is 10.4 Å². The second-order valence-corrected chi connectivity index (χ2v) is 6.66. The van der Waals surface area contributed by atoms with Gasteiger partial charge in [-0.1, -0.05) is 13.8 Å². The summed E-state index contributed by atoms with van der Waals surface area (Å²) in [6.07, 6.45) is 1.46. The molecular formula is C16H16N6O3S. The number of methoxy groups -OCH3 is 1. The van der Waals surface area contributed by atoms with Gasteiger partial charge in [0.15, 0.2) is 10.8 Å². The van der Waals surface area contributed by atoms with Crippen molar-refractivity contribution in [2.24, 2.45) is 0 Å². The molecule has 2 heterocycles. The van der Waals surface area contributed by atoms with E-state index in [9.17, 15) is 9.59 Å². The van der Waals surface area contributed by atoms with Gasteiger partial charge in [-0.05, 0) is 40.6 Å². The Morgan fingerprint density at radius 1 is 1.23 bits per heavy atom. The maximum Gasteiger partial charge on any atom is 0.357 e. The monoisotopic (exact) mass is 372 g/mol. The van der Waals surface area contributed by atoms with Gasteiger partial charge in [0.1, 0.15) is 6.33 Å². The van der Waals surface area contributed by atoms with E-state index >= 15 is 0 Å². The molecule has 0 aliphatic rings. The van der Waals surface area contributed by atoms with Crippen LogP contribution in [-0.2, 0) is 4.74 Å². The van der Waals surface area contributed by atoms with Gasteiger partial charge < -0.3 is 4.74 Å². The van der Waals surface area contributed by atoms with E-state index in [1.807, 2.05) is 13.8 Å². The number of benzene rings is 1. The topological polar surface area (TPSA) is 112 Å². The van der Waals surface area contributed by atoms with Crippen LogP contribution < -0.4 is 5.32 Å². The molecule has 3 aromatic rings. The molecule has 0 saturated carbocycles. The van der Waals surface area contributed by atoms with Crippen LogP contribution in [-0.4, -0.2) is 44.2 Å². The predicted octanol–water partition coefficient (Wildman–Crippen LogP) is 2.28. The molecule has 1 amide bonds. The molecule has 0 spiro atoms. The van der Waals surface area contributed by atoms with E-state index in [0.717, 1.165) is 10.6 Å². The van der Waals surface area contributed by atoms with Gasteiger partial charge in [0.05, 0.1) is 12.8 Å². The van der Waals surface area contributed by atoms with E-state index in [-0.39, 0.29) is 17.5 Å². The van der Waals surface area contributed by atoms with E-state index in [1.165, 1.54) is 29.5 Å². The number of rotatable bonds is 5. The third kappa shape index (κ3) is 3.59. The lowest BCUT2D eigenvalue weighted by Gasteiger charge is -2.03. The van der Waals surface area contributed by atoms with Crippen LogP contribution in [0.1, 0.15) is 45.5 Å². The molecule has 1 aromatic carbocycles. The van der Waals surface area contributed by atoms with Gasteiger partial charge in [-0.15, -0.1) is 16.4 Å². The van der Waals surface area contributed by atoms with E-state index in [0.29, 0.717) is 10.7 Å². The fourth-order valence-electron chi connectivity index (χ4n) is 2.23. The molecule has 0 atom stereocenters. The lowest BCUT2D eigenvalue weighted by atomic mass is 10.1. The summed E-state index contributed by atoms with van der Waals surface area (Å²) in [6.45, 7) is 3.90. The maximum absolute atomic E-state index is 12.4. The number of amides is 1. The minimum atomic E-state index is -0.517. The van der Waals surface area contributed by atoms with Gasteiger partial charge in [-0.2, -0.15) is 0 Å². The van der Waals surface area contributed by atoms with Crippen LogP contribution in [0.2, 0.25) is 0 Å². The highest BCUT2D eigenvalue weighted by Crippen LogP contribution is 2.30. The van der Waals surface area contributed by atoms with Gasteiger partial charge in [-0.3, -0.25) is 10.1 Å². The van der Waals surface area contributed by atoms with Crippen LogP contribution >= 0.6 is 11.3 Å². The molecule has 0 saturated heterocycles. The van der Waals surface area contributed by atoms with Gasteiger partial charge in [0.25, 0.3) is 5.91 Å². The predicted molar refractivity (Wildman–Crippen MR) is 94.6 cm³/mol. The molecule has 0 aliphatic carbocycles. The molecule has 0 unspecified atom stereocenters. The first kappa shape index (κ1) is 17.7. The van der Waals surface area contributed by atoms with Crippen LogP contribution in [0.3, 0.4) is 0 Å². The number of carbonyl (C=O) groups excluding carboxylic acids is 2. The molecule has 9 nitrogen and oxygen atoms in total. The fraction of sp³-hybridized carbons (Fsp3) is 0.250. The summed E-state index contributed by atoms with van der Waals surface area (Å²) in [5, 5.41) is 14.0. The molecule has 3 rings (SSSR count). The summed E-state index contributed by atoms with van der Waals surface area (Å²) >= 11 is 1.26. The summed E-state index contributed by atoms with van der Waals surface area (Å²) in [6, 6.07) is 6.77. The molecule has 1 N–H and O–H groups in total. The number of aromatic nitrogens is 5. The number of esters is 1. The molecule has 10 heteroatoms. The van der Waals surface area contributed by atoms with Gasteiger partial charge >= 0.3 is 5.97 Å². The van der Waals surface area contributed by atoms with Crippen molar-refractivity contribution in [3.63, 3.8) is 0 Å². The second kappa shape index (κ2) is 7.40. The molecule has 26 heavy (non-hydrogen) atoms. The molecule has 0 aliphatic heterocycles. The summed E-state index contributed by atoms with van der Waals surface area (Å²) in [7, 11) is 1.30. The molecule has 134 valence electrons. The van der Waals surface area contributed by atoms with Crippen LogP contribution in [0, 0.1) is 0 Å². The second-order valence-electron chi connectivity index (χ2n) is 5.63. The highest BCUT2D eigenvalue weighted by molar-refractivity contribution is 7.16. The molecule has 0 bridgehead atoms. The summed E-state index contributed by atoms with van der Waals surface area (Å²) in [5.41, 5.74) is 1.41. The quantitative estimate of drug-likeness (QED) is 0.684. The highest BCUT2D eigenvalue weighted by Gasteiger charge is 2.22. The van der Waals surface area contributed by atoms with E-state index in [2.05, 4.69) is 25.8 Å². The Kier molecular flexibility index (Phi) is 5.03. The van der Waals surface area contributed by atoms with Crippen molar-refractivity contribution in [1.29, 1.82) is 0 Å². The number of hydrogen-bond acceptors (Lipinski definition) is 8. The SMILES string of the molecule is COC(=O)c1nc(NC(=O)c2ccc(-n3cnnn3)cc2)sc1C(C)C. The number of nitrogens with zero attached hydrogens (tertiary/aromatic N) is 5. The number of nitrogens with one attached hydrogen (secondary N) is 1. The number of anilines is 1. The first-order valence-corrected chi connectivity index (χ1v) is 8.55. The van der Waals surface area contributed by atoms with Crippen LogP contribution in [0.15, 0.2) is 30.6 Å². The average molecular weight is 372 g/mol. The summed E-state index contributed by atoms with van der Waals surface area (Å²) in [4.78, 5) is 29.3. The van der Waals surface area contributed by atoms with Crippen LogP contribution in [0.4, 0.5) is 5.13 Å². The molecule has 0 fully saturated rings. The van der Waals surface area contributed by atoms with E-state index in [4.69, 9.17) is 4.74 Å². The number of thiazole rings is 1. The zero-order valence-electron chi connectivity index (χ0n) is 14.3. The first-order valence-electron chi connectivity index (χ1n) is 7.73. The normalized spacial score (nSPS) is 10.8. The minimum Gasteiger partial charge on any atom is -0.464 e. The van der Waals surface area contributed by atoms with E-state index < -0.39 is 5.97 Å². The number of carbonyl (C=O) groups is 2. The maximum atomic E-state index is 12.4. The summed E-state index contributed by atoms with van der Waals surface area (Å²) in [5.74, 6) is -0.757. The van der Waals surface area contributed by atoms with Gasteiger partial charge in [0.2, 0.25) is 0 Å². The summed E-state index contributed by atoms with van der Waals surface area (Å²) < 4.78 is 6.24. The zero-order chi connectivity index (χ0) is 18.7. The average Bonchev–Trinajstić information content (AvgIpc) is 3.31. The van der Waals surface area contributed by atoms with Crippen LogP contribution in [0.5, 0.6) is 0 Å². The Labute approximate surface area is 153 Å². The minimum absolute atomic E-state index is 0.0859. The van der Waals surface area contributed by atoms with Crippen molar-refractivity contribution in [2.75, 3.05) is 12.4 Å². The zero-order valence-corrected chi connectivity index (χ0v) is 15.1. The fourth-order valence-corrected chi connectivity index (χ4v) is 3.18. The molecule has 0 radical (unpaired) electrons. The Balaban J connectivity index is 1.78. The van der Waals surface area contributed by atoms with Crippen molar-refractivity contribution in [2.45, 2.75) is 19.8 Å². The third-order valence-electron chi connectivity index (χ3n) is 3.52. The van der Waals surface area contributed by atoms with Crippen molar-refractivity contribution >= 4 is 28.3 Å². The van der Waals surface area contributed by atoms with Crippen LogP contribution in [0.25, 0.3) is 5.69 Å². The van der Waals surface area contributed by atoms with Crippen molar-refractivity contribution in [1.82, 2.24) is 25.2 Å². The standard InChI is InChI=1S/C16H16N6O3S/c1-9(2)13-12(15(24)25-3)18-16(26-13)19-14(23)10-4-6-11(7-5-10)22-8-17-20-21-22/h4-9H,1-3H3,(H,18,19,23). The Hall–Kier alpha value is -3.14. The largest absolute Gasteiger partial charge is 0.464 e. The van der Waals surface area contributed by atoms with Crippen molar-refractivity contribution in [3.8, 4) is 5.69 Å². The Morgan fingerprint density at radius 3 is 2.54 bits per heavy atom. The highest BCUT2D eigenvalue weighted by atomic mass is 32.1. The Morgan fingerprint density at radius 2 is 1.96 bits per heavy atom. The molecular weight excluding hydrogens is 356 g/mol. The lowest BCUT2D eigenvalue weighted by Crippen LogP contribution is -2.12. The first-order chi connectivity index (χ1) is 12.5. The third-order valence-corrected chi connectivity index (χ3v) is 4.79. The van der Waals surface area contributed by atoms with E-state index in [1.54, 1.807) is 24.3 Å². The number of tetrazole rings is 1. The Bertz CT molecular complexity index is 918. The number of hydrogen-bond donors (Lipinski definition) is 1. The molecule has 2 aromatic heterocycles.